The first-order chi connectivity index (χ1) is 10.0. The molecule has 0 bridgehead atoms. The summed E-state index contributed by atoms with van der Waals surface area (Å²) in [5, 5.41) is 16.0. The van der Waals surface area contributed by atoms with Crippen LogP contribution in [0.15, 0.2) is 37.0 Å². The van der Waals surface area contributed by atoms with Gasteiger partial charge in [-0.3, -0.25) is 9.48 Å². The molecule has 2 rings (SSSR count). The molecule has 0 fully saturated rings. The standard InChI is InChI=1S/C16H16N4O/c1-4-12-5-7-13(8-6-12)16(21)18-15-14(9-17)10-20(19-15)11(2)3/h4-8,10-11H,1H2,2-3H3,(H,18,19,21). The van der Waals surface area contributed by atoms with Crippen LogP contribution in [-0.2, 0) is 0 Å². The van der Waals surface area contributed by atoms with Crippen LogP contribution in [0.2, 0.25) is 0 Å². The number of hydrogen-bond acceptors (Lipinski definition) is 3. The van der Waals surface area contributed by atoms with Crippen LogP contribution in [0.3, 0.4) is 0 Å². The zero-order valence-electron chi connectivity index (χ0n) is 12.0. The van der Waals surface area contributed by atoms with E-state index in [1.807, 2.05) is 19.9 Å². The molecule has 1 amide bonds. The first-order valence-corrected chi connectivity index (χ1v) is 6.58. The highest BCUT2D eigenvalue weighted by Gasteiger charge is 2.14. The number of nitrogens with one attached hydrogen (secondary N) is 1. The molecule has 0 unspecified atom stereocenters. The van der Waals surface area contributed by atoms with Crippen LogP contribution in [-0.4, -0.2) is 15.7 Å². The van der Waals surface area contributed by atoms with Crippen molar-refractivity contribution in [3.63, 3.8) is 0 Å². The molecule has 21 heavy (non-hydrogen) atoms. The van der Waals surface area contributed by atoms with Crippen LogP contribution >= 0.6 is 0 Å². The molecule has 0 atom stereocenters. The monoisotopic (exact) mass is 280 g/mol. The molecule has 1 N–H and O–H groups in total. The second-order valence-electron chi connectivity index (χ2n) is 4.86. The van der Waals surface area contributed by atoms with E-state index in [9.17, 15) is 4.79 Å². The molecule has 0 radical (unpaired) electrons. The lowest BCUT2D eigenvalue weighted by Gasteiger charge is -2.05. The number of amides is 1. The lowest BCUT2D eigenvalue weighted by atomic mass is 10.1. The van der Waals surface area contributed by atoms with Crippen molar-refractivity contribution in [3.05, 3.63) is 53.7 Å². The molecule has 1 aromatic heterocycles. The minimum absolute atomic E-state index is 0.120. The van der Waals surface area contributed by atoms with Crippen molar-refractivity contribution in [2.75, 3.05) is 5.32 Å². The van der Waals surface area contributed by atoms with E-state index in [2.05, 4.69) is 17.0 Å². The molecule has 1 aromatic carbocycles. The summed E-state index contributed by atoms with van der Waals surface area (Å²) >= 11 is 0. The van der Waals surface area contributed by atoms with Gasteiger partial charge in [0.2, 0.25) is 0 Å². The SMILES string of the molecule is C=Cc1ccc(C(=O)Nc2nn(C(C)C)cc2C#N)cc1. The third kappa shape index (κ3) is 3.18. The van der Waals surface area contributed by atoms with E-state index >= 15 is 0 Å². The van der Waals surface area contributed by atoms with Gasteiger partial charge in [0.05, 0.1) is 0 Å². The number of carbonyl (C=O) groups is 1. The summed E-state index contributed by atoms with van der Waals surface area (Å²) in [6.45, 7) is 7.57. The van der Waals surface area contributed by atoms with Gasteiger partial charge >= 0.3 is 0 Å². The zero-order chi connectivity index (χ0) is 15.4. The average Bonchev–Trinajstić information content (AvgIpc) is 2.90. The first-order valence-electron chi connectivity index (χ1n) is 6.58. The van der Waals surface area contributed by atoms with E-state index in [1.54, 1.807) is 41.2 Å². The van der Waals surface area contributed by atoms with E-state index in [4.69, 9.17) is 5.26 Å². The van der Waals surface area contributed by atoms with Gasteiger partial charge in [-0.1, -0.05) is 24.8 Å². The van der Waals surface area contributed by atoms with Crippen molar-refractivity contribution in [1.29, 1.82) is 5.26 Å². The summed E-state index contributed by atoms with van der Waals surface area (Å²) in [5.41, 5.74) is 1.79. The Balaban J connectivity index is 2.22. The lowest BCUT2D eigenvalue weighted by molar-refractivity contribution is 0.102. The van der Waals surface area contributed by atoms with Crippen LogP contribution in [0.4, 0.5) is 5.82 Å². The van der Waals surface area contributed by atoms with Gasteiger partial charge in [-0.15, -0.1) is 0 Å². The number of anilines is 1. The average molecular weight is 280 g/mol. The second kappa shape index (κ2) is 6.06. The molecular formula is C16H16N4O. The minimum Gasteiger partial charge on any atom is -0.304 e. The van der Waals surface area contributed by atoms with Gasteiger partial charge in [0, 0.05) is 17.8 Å². The van der Waals surface area contributed by atoms with E-state index in [1.165, 1.54) is 0 Å². The Hall–Kier alpha value is -2.87. The predicted molar refractivity (Wildman–Crippen MR) is 81.8 cm³/mol. The molecular weight excluding hydrogens is 264 g/mol. The molecule has 0 aliphatic rings. The molecule has 0 saturated heterocycles. The van der Waals surface area contributed by atoms with E-state index in [0.717, 1.165) is 5.56 Å². The number of nitriles is 1. The highest BCUT2D eigenvalue weighted by atomic mass is 16.1. The number of hydrogen-bond donors (Lipinski definition) is 1. The third-order valence-electron chi connectivity index (χ3n) is 3.02. The largest absolute Gasteiger partial charge is 0.304 e. The maximum absolute atomic E-state index is 12.2. The summed E-state index contributed by atoms with van der Waals surface area (Å²) in [6.07, 6.45) is 3.33. The van der Waals surface area contributed by atoms with Gasteiger partial charge in [-0.05, 0) is 31.5 Å². The van der Waals surface area contributed by atoms with Crippen LogP contribution in [0.5, 0.6) is 0 Å². The molecule has 0 aliphatic carbocycles. The number of benzene rings is 1. The molecule has 5 heteroatoms. The molecule has 5 nitrogen and oxygen atoms in total. The van der Waals surface area contributed by atoms with E-state index in [0.29, 0.717) is 11.1 Å². The maximum atomic E-state index is 12.2. The van der Waals surface area contributed by atoms with Gasteiger partial charge < -0.3 is 5.32 Å². The predicted octanol–water partition coefficient (Wildman–Crippen LogP) is 3.23. The molecule has 1 heterocycles. The van der Waals surface area contributed by atoms with Crippen LogP contribution in [0.1, 0.15) is 41.4 Å². The van der Waals surface area contributed by atoms with Crippen molar-refractivity contribution in [3.8, 4) is 6.07 Å². The van der Waals surface area contributed by atoms with E-state index in [-0.39, 0.29) is 17.8 Å². The quantitative estimate of drug-likeness (QED) is 0.934. The molecule has 2 aromatic rings. The van der Waals surface area contributed by atoms with Crippen molar-refractivity contribution in [2.24, 2.45) is 0 Å². The van der Waals surface area contributed by atoms with Crippen LogP contribution in [0, 0.1) is 11.3 Å². The van der Waals surface area contributed by atoms with Gasteiger partial charge in [-0.2, -0.15) is 10.4 Å². The maximum Gasteiger partial charge on any atom is 0.256 e. The highest BCUT2D eigenvalue weighted by molar-refractivity contribution is 6.04. The highest BCUT2D eigenvalue weighted by Crippen LogP contribution is 2.16. The summed E-state index contributed by atoms with van der Waals surface area (Å²) < 4.78 is 1.65. The van der Waals surface area contributed by atoms with E-state index < -0.39 is 0 Å². The Morgan fingerprint density at radius 2 is 2.10 bits per heavy atom. The Morgan fingerprint density at radius 1 is 1.43 bits per heavy atom. The number of nitrogens with zero attached hydrogens (tertiary/aromatic N) is 3. The Kier molecular flexibility index (Phi) is 4.19. The van der Waals surface area contributed by atoms with Gasteiger partial charge in [0.25, 0.3) is 5.91 Å². The van der Waals surface area contributed by atoms with Crippen molar-refractivity contribution in [2.45, 2.75) is 19.9 Å². The van der Waals surface area contributed by atoms with Gasteiger partial charge in [-0.25, -0.2) is 0 Å². The topological polar surface area (TPSA) is 70.7 Å². The molecule has 0 spiro atoms. The molecule has 0 aliphatic heterocycles. The van der Waals surface area contributed by atoms with Crippen LogP contribution in [0.25, 0.3) is 6.08 Å². The number of aromatic nitrogens is 2. The smallest absolute Gasteiger partial charge is 0.256 e. The fraction of sp³-hybridized carbons (Fsp3) is 0.188. The fourth-order valence-electron chi connectivity index (χ4n) is 1.78. The van der Waals surface area contributed by atoms with Crippen LogP contribution < -0.4 is 5.32 Å². The normalized spacial score (nSPS) is 10.2. The molecule has 0 saturated carbocycles. The minimum atomic E-state index is -0.295. The Bertz CT molecular complexity index is 705. The Labute approximate surface area is 123 Å². The summed E-state index contributed by atoms with van der Waals surface area (Å²) in [7, 11) is 0. The van der Waals surface area contributed by atoms with Crippen molar-refractivity contribution >= 4 is 17.8 Å². The zero-order valence-corrected chi connectivity index (χ0v) is 12.0. The second-order valence-corrected chi connectivity index (χ2v) is 4.86. The van der Waals surface area contributed by atoms with Crippen molar-refractivity contribution in [1.82, 2.24) is 9.78 Å². The first kappa shape index (κ1) is 14.5. The van der Waals surface area contributed by atoms with Gasteiger partial charge in [0.15, 0.2) is 5.82 Å². The fourth-order valence-corrected chi connectivity index (χ4v) is 1.78. The third-order valence-corrected chi connectivity index (χ3v) is 3.02. The summed E-state index contributed by atoms with van der Waals surface area (Å²) in [5.74, 6) is -0.0138. The number of carbonyl (C=O) groups excluding carboxylic acids is 1. The number of rotatable bonds is 4. The summed E-state index contributed by atoms with van der Waals surface area (Å²) in [4.78, 5) is 12.2. The Morgan fingerprint density at radius 3 is 2.62 bits per heavy atom. The molecule has 106 valence electrons. The summed E-state index contributed by atoms with van der Waals surface area (Å²) in [6, 6.07) is 9.18. The van der Waals surface area contributed by atoms with Gasteiger partial charge in [0.1, 0.15) is 11.6 Å². The van der Waals surface area contributed by atoms with Crippen molar-refractivity contribution < 1.29 is 4.79 Å². The lowest BCUT2D eigenvalue weighted by Crippen LogP contribution is -2.13.